The average Bonchev–Trinajstić information content (AvgIpc) is 2.71. The number of sulfone groups is 1. The van der Waals surface area contributed by atoms with Crippen LogP contribution in [0.4, 0.5) is 4.79 Å². The molecule has 0 aromatic heterocycles. The molecule has 0 radical (unpaired) electrons. The van der Waals surface area contributed by atoms with Gasteiger partial charge in [0.25, 0.3) is 0 Å². The number of aliphatic carboxylic acids is 2. The zero-order valence-electron chi connectivity index (χ0n) is 19.2. The number of likely N-dealkylation sites (N-methyl/N-ethyl adjacent to an activating group) is 1. The second kappa shape index (κ2) is 15.2. The van der Waals surface area contributed by atoms with E-state index in [1.165, 1.54) is 0 Å². The smallest absolute Gasteiger partial charge is 0.414 e. The zero-order valence-corrected chi connectivity index (χ0v) is 20.0. The molecular weight excluding hydrogens is 438 g/mol. The number of nitrogens with zero attached hydrogens (tertiary/aromatic N) is 2. The molecule has 10 nitrogen and oxygen atoms in total. The van der Waals surface area contributed by atoms with Crippen molar-refractivity contribution in [2.75, 3.05) is 38.5 Å². The van der Waals surface area contributed by atoms with Crippen LogP contribution >= 0.6 is 0 Å². The summed E-state index contributed by atoms with van der Waals surface area (Å²) in [6.07, 6.45) is 0. The number of nitrogens with one attached hydrogen (secondary N) is 1. The van der Waals surface area contributed by atoms with Crippen LogP contribution in [0.3, 0.4) is 0 Å². The van der Waals surface area contributed by atoms with Gasteiger partial charge < -0.3 is 25.3 Å². The molecule has 2 amide bonds. The van der Waals surface area contributed by atoms with Gasteiger partial charge in [0.15, 0.2) is 9.84 Å². The molecule has 182 valence electrons. The van der Waals surface area contributed by atoms with E-state index < -0.39 is 21.8 Å². The first-order chi connectivity index (χ1) is 14.9. The number of rotatable bonds is 11. The third kappa shape index (κ3) is 12.9. The minimum atomic E-state index is -3.27. The summed E-state index contributed by atoms with van der Waals surface area (Å²) < 4.78 is 24.7. The number of hydrogen-bond acceptors (Lipinski definition) is 6. The van der Waals surface area contributed by atoms with Gasteiger partial charge in [-0.05, 0) is 32.5 Å². The number of carboxylic acids is 2. The monoisotopic (exact) mass is 473 g/mol. The second-order valence-electron chi connectivity index (χ2n) is 7.23. The normalized spacial score (nSPS) is 10.9. The lowest BCUT2D eigenvalue weighted by molar-refractivity contribution is -0.159. The van der Waals surface area contributed by atoms with Gasteiger partial charge in [0.1, 0.15) is 0 Å². The van der Waals surface area contributed by atoms with Crippen LogP contribution in [-0.4, -0.2) is 90.9 Å². The highest BCUT2D eigenvalue weighted by molar-refractivity contribution is 7.90. The number of urea groups is 1. The van der Waals surface area contributed by atoms with E-state index in [1.807, 2.05) is 32.0 Å². The lowest BCUT2D eigenvalue weighted by Gasteiger charge is -2.27. The van der Waals surface area contributed by atoms with Crippen LogP contribution in [0.2, 0.25) is 0 Å². The Morgan fingerprint density at radius 2 is 1.50 bits per heavy atom. The first-order valence-corrected chi connectivity index (χ1v) is 12.2. The largest absolute Gasteiger partial charge is 0.473 e. The van der Waals surface area contributed by atoms with Gasteiger partial charge >= 0.3 is 18.0 Å². The molecule has 0 aliphatic heterocycles. The van der Waals surface area contributed by atoms with Crippen molar-refractivity contribution in [1.82, 2.24) is 15.1 Å². The molecule has 0 spiro atoms. The minimum Gasteiger partial charge on any atom is -0.473 e. The predicted molar refractivity (Wildman–Crippen MR) is 122 cm³/mol. The van der Waals surface area contributed by atoms with Gasteiger partial charge in [-0.25, -0.2) is 22.8 Å². The molecule has 0 fully saturated rings. The van der Waals surface area contributed by atoms with Gasteiger partial charge in [-0.15, -0.1) is 0 Å². The maximum atomic E-state index is 12.4. The highest BCUT2D eigenvalue weighted by atomic mass is 32.2. The highest BCUT2D eigenvalue weighted by Gasteiger charge is 2.20. The Labute approximate surface area is 190 Å². The van der Waals surface area contributed by atoms with E-state index in [2.05, 4.69) is 24.1 Å². The Morgan fingerprint density at radius 3 is 1.94 bits per heavy atom. The van der Waals surface area contributed by atoms with E-state index in [9.17, 15) is 13.2 Å². The minimum absolute atomic E-state index is 0.00333. The van der Waals surface area contributed by atoms with E-state index in [1.54, 1.807) is 17.0 Å². The molecule has 3 N–H and O–H groups in total. The fraction of sp³-hybridized carbons (Fsp3) is 0.571. The fourth-order valence-corrected chi connectivity index (χ4v) is 4.01. The number of carbonyl (C=O) groups is 3. The molecule has 1 rings (SSSR count). The van der Waals surface area contributed by atoms with Crippen molar-refractivity contribution in [1.29, 1.82) is 0 Å². The molecule has 0 aliphatic carbocycles. The van der Waals surface area contributed by atoms with Gasteiger partial charge in [0.2, 0.25) is 0 Å². The summed E-state index contributed by atoms with van der Waals surface area (Å²) in [5.74, 6) is -3.68. The maximum absolute atomic E-state index is 12.4. The van der Waals surface area contributed by atoms with Crippen LogP contribution < -0.4 is 5.32 Å². The first-order valence-electron chi connectivity index (χ1n) is 10.4. The van der Waals surface area contributed by atoms with Crippen molar-refractivity contribution < 1.29 is 33.0 Å². The van der Waals surface area contributed by atoms with Crippen LogP contribution in [0, 0.1) is 0 Å². The van der Waals surface area contributed by atoms with Gasteiger partial charge in [0.05, 0.1) is 11.5 Å². The molecule has 0 heterocycles. The maximum Gasteiger partial charge on any atom is 0.414 e. The van der Waals surface area contributed by atoms with Crippen LogP contribution in [0.15, 0.2) is 30.3 Å². The molecule has 0 bridgehead atoms. The van der Waals surface area contributed by atoms with Gasteiger partial charge in [-0.1, -0.05) is 44.2 Å². The van der Waals surface area contributed by atoms with Crippen molar-refractivity contribution >= 4 is 27.8 Å². The summed E-state index contributed by atoms with van der Waals surface area (Å²) in [5.41, 5.74) is 0.771. The van der Waals surface area contributed by atoms with Crippen LogP contribution in [0.1, 0.15) is 33.3 Å². The number of carboxylic acid groups (broad SMARTS) is 2. The van der Waals surface area contributed by atoms with E-state index in [0.29, 0.717) is 6.54 Å². The molecule has 0 saturated heterocycles. The molecule has 1 aromatic carbocycles. The highest BCUT2D eigenvalue weighted by Crippen LogP contribution is 2.08. The number of benzene rings is 1. The van der Waals surface area contributed by atoms with Crippen molar-refractivity contribution in [3.63, 3.8) is 0 Å². The Morgan fingerprint density at radius 1 is 0.969 bits per heavy atom. The molecule has 0 saturated carbocycles. The number of amides is 2. The van der Waals surface area contributed by atoms with E-state index >= 15 is 0 Å². The van der Waals surface area contributed by atoms with Crippen molar-refractivity contribution in [2.24, 2.45) is 0 Å². The Hall–Kier alpha value is -2.66. The summed E-state index contributed by atoms with van der Waals surface area (Å²) >= 11 is 0. The van der Waals surface area contributed by atoms with Gasteiger partial charge in [-0.2, -0.15) is 0 Å². The fourth-order valence-electron chi connectivity index (χ4n) is 2.69. The van der Waals surface area contributed by atoms with Gasteiger partial charge in [0, 0.05) is 25.7 Å². The molecule has 1 aromatic rings. The molecule has 0 aliphatic rings. The number of carbonyl (C=O) groups excluding carboxylic acids is 1. The summed E-state index contributed by atoms with van der Waals surface area (Å²) in [6, 6.07) is 8.86. The SMILES string of the molecule is CCN(CC)CCNC(=O)N(CCS(=O)(=O)Cc1ccccc1)C(C)C.O=C(O)C(=O)O. The quantitative estimate of drug-likeness (QED) is 0.410. The van der Waals surface area contributed by atoms with Crippen molar-refractivity contribution in [3.8, 4) is 0 Å². The molecule has 0 atom stereocenters. The predicted octanol–water partition coefficient (Wildman–Crippen LogP) is 1.52. The zero-order chi connectivity index (χ0) is 24.7. The standard InChI is InChI=1S/C19H33N3O3S.C2H2O4/c1-5-21(6-2)13-12-20-19(23)22(17(3)4)14-15-26(24,25)16-18-10-8-7-9-11-18;3-1(4)2(5)6/h7-11,17H,5-6,12-16H2,1-4H3,(H,20,23);(H,3,4)(H,5,6). The summed E-state index contributed by atoms with van der Waals surface area (Å²) in [6.45, 7) is 11.4. The second-order valence-corrected chi connectivity index (χ2v) is 9.42. The summed E-state index contributed by atoms with van der Waals surface area (Å²) in [7, 11) is -3.27. The topological polar surface area (TPSA) is 144 Å². The molecule has 11 heteroatoms. The van der Waals surface area contributed by atoms with Crippen LogP contribution in [-0.2, 0) is 25.2 Å². The van der Waals surface area contributed by atoms with Crippen molar-refractivity contribution in [3.05, 3.63) is 35.9 Å². The average molecular weight is 474 g/mol. The van der Waals surface area contributed by atoms with Crippen molar-refractivity contribution in [2.45, 2.75) is 39.5 Å². The lowest BCUT2D eigenvalue weighted by Crippen LogP contribution is -2.47. The van der Waals surface area contributed by atoms with E-state index in [4.69, 9.17) is 19.8 Å². The summed E-state index contributed by atoms with van der Waals surface area (Å²) in [4.78, 5) is 34.4. The number of hydrogen-bond donors (Lipinski definition) is 3. The lowest BCUT2D eigenvalue weighted by atomic mass is 10.2. The van der Waals surface area contributed by atoms with Gasteiger partial charge in [-0.3, -0.25) is 0 Å². The third-order valence-corrected chi connectivity index (χ3v) is 6.12. The first kappa shape index (κ1) is 29.3. The Bertz CT molecular complexity index is 798. The van der Waals surface area contributed by atoms with E-state index in [-0.39, 0.29) is 30.1 Å². The summed E-state index contributed by atoms with van der Waals surface area (Å²) in [5, 5.41) is 17.7. The third-order valence-electron chi connectivity index (χ3n) is 4.54. The molecule has 32 heavy (non-hydrogen) atoms. The van der Waals surface area contributed by atoms with E-state index in [0.717, 1.165) is 25.2 Å². The Balaban J connectivity index is 0.00000140. The Kier molecular flexibility index (Phi) is 13.9. The van der Waals surface area contributed by atoms with Crippen LogP contribution in [0.5, 0.6) is 0 Å². The van der Waals surface area contributed by atoms with Crippen LogP contribution in [0.25, 0.3) is 0 Å². The molecular formula is C21H35N3O7S. The molecule has 0 unspecified atom stereocenters.